The Morgan fingerprint density at radius 3 is 2.61 bits per heavy atom. The molecule has 1 aromatic rings. The monoisotopic (exact) mass is 319 g/mol. The van der Waals surface area contributed by atoms with Gasteiger partial charge in [0.1, 0.15) is 11.4 Å². The van der Waals surface area contributed by atoms with Gasteiger partial charge in [0.2, 0.25) is 0 Å². The van der Waals surface area contributed by atoms with Crippen LogP contribution < -0.4 is 10.1 Å². The van der Waals surface area contributed by atoms with Gasteiger partial charge in [-0.3, -0.25) is 4.79 Å². The summed E-state index contributed by atoms with van der Waals surface area (Å²) in [6.07, 6.45) is 3.17. The minimum Gasteiger partial charge on any atom is -0.491 e. The molecule has 1 atom stereocenters. The van der Waals surface area contributed by atoms with E-state index in [1.807, 2.05) is 45.9 Å². The number of aryl methyl sites for hydroxylation is 1. The standard InChI is InChI=1S/C19H29NO3/c1-6-11-22-19(5,15-7-8-15)18(21)20-16-9-10-17(14(4)12-16)23-13(2)3/h9-10,12-13,15H,6-8,11H2,1-5H3,(H,20,21)/t19-/m1/s1. The molecule has 1 aliphatic carbocycles. The normalized spacial score (nSPS) is 17.0. The van der Waals surface area contributed by atoms with Crippen molar-refractivity contribution in [3.05, 3.63) is 23.8 Å². The van der Waals surface area contributed by atoms with Crippen LogP contribution in [0, 0.1) is 12.8 Å². The molecular weight excluding hydrogens is 290 g/mol. The Kier molecular flexibility index (Phi) is 5.69. The summed E-state index contributed by atoms with van der Waals surface area (Å²) in [6, 6.07) is 5.74. The Hall–Kier alpha value is -1.55. The molecule has 0 aromatic heterocycles. The second-order valence-electron chi connectivity index (χ2n) is 6.83. The first-order chi connectivity index (χ1) is 10.9. The summed E-state index contributed by atoms with van der Waals surface area (Å²) < 4.78 is 11.6. The zero-order valence-electron chi connectivity index (χ0n) is 14.9. The lowest BCUT2D eigenvalue weighted by molar-refractivity contribution is -0.142. The van der Waals surface area contributed by atoms with Crippen molar-refractivity contribution < 1.29 is 14.3 Å². The van der Waals surface area contributed by atoms with Crippen LogP contribution in [0.4, 0.5) is 5.69 Å². The van der Waals surface area contributed by atoms with Gasteiger partial charge in [-0.2, -0.15) is 0 Å². The topological polar surface area (TPSA) is 47.6 Å². The van der Waals surface area contributed by atoms with E-state index in [0.717, 1.165) is 36.3 Å². The van der Waals surface area contributed by atoms with Crippen LogP contribution in [0.15, 0.2) is 18.2 Å². The Morgan fingerprint density at radius 2 is 2.09 bits per heavy atom. The Labute approximate surface area is 139 Å². The van der Waals surface area contributed by atoms with Gasteiger partial charge in [0.15, 0.2) is 0 Å². The van der Waals surface area contributed by atoms with E-state index in [1.54, 1.807) is 0 Å². The number of carbonyl (C=O) groups is 1. The van der Waals surface area contributed by atoms with Crippen molar-refractivity contribution in [3.63, 3.8) is 0 Å². The van der Waals surface area contributed by atoms with Crippen LogP contribution >= 0.6 is 0 Å². The molecule has 0 saturated heterocycles. The van der Waals surface area contributed by atoms with Crippen LogP contribution in [0.1, 0.15) is 52.5 Å². The highest BCUT2D eigenvalue weighted by atomic mass is 16.5. The van der Waals surface area contributed by atoms with Crippen molar-refractivity contribution in [2.75, 3.05) is 11.9 Å². The SMILES string of the molecule is CCCO[C@@](C)(C(=O)Nc1ccc(OC(C)C)c(C)c1)C1CC1. The predicted molar refractivity (Wildman–Crippen MR) is 92.9 cm³/mol. The first-order valence-corrected chi connectivity index (χ1v) is 8.59. The van der Waals surface area contributed by atoms with Gasteiger partial charge in [-0.1, -0.05) is 6.92 Å². The molecule has 1 fully saturated rings. The van der Waals surface area contributed by atoms with E-state index in [2.05, 4.69) is 12.2 Å². The summed E-state index contributed by atoms with van der Waals surface area (Å²) in [5.41, 5.74) is 1.08. The van der Waals surface area contributed by atoms with Crippen LogP contribution in [0.3, 0.4) is 0 Å². The van der Waals surface area contributed by atoms with Crippen molar-refractivity contribution in [1.29, 1.82) is 0 Å². The number of carbonyl (C=O) groups excluding carboxylic acids is 1. The number of amides is 1. The molecule has 0 spiro atoms. The van der Waals surface area contributed by atoms with Gasteiger partial charge in [-0.25, -0.2) is 0 Å². The summed E-state index contributed by atoms with van der Waals surface area (Å²) in [5.74, 6) is 1.13. The van der Waals surface area contributed by atoms with Crippen molar-refractivity contribution >= 4 is 11.6 Å². The number of anilines is 1. The van der Waals surface area contributed by atoms with Crippen LogP contribution in [0.5, 0.6) is 5.75 Å². The second kappa shape index (κ2) is 7.35. The van der Waals surface area contributed by atoms with Crippen molar-refractivity contribution in [2.45, 2.75) is 65.6 Å². The maximum Gasteiger partial charge on any atom is 0.256 e. The van der Waals surface area contributed by atoms with E-state index in [-0.39, 0.29) is 12.0 Å². The van der Waals surface area contributed by atoms with Gasteiger partial charge >= 0.3 is 0 Å². The van der Waals surface area contributed by atoms with Gasteiger partial charge in [0, 0.05) is 12.3 Å². The van der Waals surface area contributed by atoms with E-state index in [4.69, 9.17) is 9.47 Å². The molecule has 0 radical (unpaired) electrons. The van der Waals surface area contributed by atoms with Crippen molar-refractivity contribution in [3.8, 4) is 5.75 Å². The van der Waals surface area contributed by atoms with Crippen LogP contribution in [-0.2, 0) is 9.53 Å². The quantitative estimate of drug-likeness (QED) is 0.776. The average Bonchev–Trinajstić information content (AvgIpc) is 3.32. The van der Waals surface area contributed by atoms with Gasteiger partial charge in [0.25, 0.3) is 5.91 Å². The molecule has 0 aliphatic heterocycles. The fraction of sp³-hybridized carbons (Fsp3) is 0.632. The van der Waals surface area contributed by atoms with Gasteiger partial charge in [0.05, 0.1) is 6.10 Å². The van der Waals surface area contributed by atoms with E-state index < -0.39 is 5.60 Å². The highest BCUT2D eigenvalue weighted by Crippen LogP contribution is 2.42. The summed E-state index contributed by atoms with van der Waals surface area (Å²) in [6.45, 7) is 10.6. The number of benzene rings is 1. The molecule has 4 heteroatoms. The zero-order chi connectivity index (χ0) is 17.0. The molecule has 128 valence electrons. The molecular formula is C19H29NO3. The third-order valence-corrected chi connectivity index (χ3v) is 4.21. The molecule has 1 amide bonds. The van der Waals surface area contributed by atoms with Crippen LogP contribution in [-0.4, -0.2) is 24.2 Å². The number of ether oxygens (including phenoxy) is 2. The first kappa shape index (κ1) is 17.8. The molecule has 1 aliphatic rings. The number of hydrogen-bond acceptors (Lipinski definition) is 3. The Balaban J connectivity index is 2.08. The minimum absolute atomic E-state index is 0.0506. The third-order valence-electron chi connectivity index (χ3n) is 4.21. The smallest absolute Gasteiger partial charge is 0.256 e. The second-order valence-corrected chi connectivity index (χ2v) is 6.83. The van der Waals surface area contributed by atoms with Crippen molar-refractivity contribution in [2.24, 2.45) is 5.92 Å². The molecule has 1 N–H and O–H groups in total. The highest BCUT2D eigenvalue weighted by Gasteiger charge is 2.48. The predicted octanol–water partition coefficient (Wildman–Crippen LogP) is 4.32. The maximum absolute atomic E-state index is 12.7. The van der Waals surface area contributed by atoms with E-state index in [9.17, 15) is 4.79 Å². The number of rotatable bonds is 8. The lowest BCUT2D eigenvalue weighted by Gasteiger charge is -2.28. The zero-order valence-corrected chi connectivity index (χ0v) is 14.9. The molecule has 23 heavy (non-hydrogen) atoms. The summed E-state index contributed by atoms with van der Waals surface area (Å²) in [7, 11) is 0. The lowest BCUT2D eigenvalue weighted by Crippen LogP contribution is -2.45. The lowest BCUT2D eigenvalue weighted by atomic mass is 9.98. The van der Waals surface area contributed by atoms with Gasteiger partial charge in [-0.05, 0) is 76.6 Å². The van der Waals surface area contributed by atoms with E-state index >= 15 is 0 Å². The largest absolute Gasteiger partial charge is 0.491 e. The van der Waals surface area contributed by atoms with Crippen LogP contribution in [0.2, 0.25) is 0 Å². The van der Waals surface area contributed by atoms with Gasteiger partial charge < -0.3 is 14.8 Å². The Bertz CT molecular complexity index is 552. The van der Waals surface area contributed by atoms with Crippen LogP contribution in [0.25, 0.3) is 0 Å². The molecule has 4 nitrogen and oxygen atoms in total. The molecule has 0 unspecified atom stereocenters. The van der Waals surface area contributed by atoms with E-state index in [1.165, 1.54) is 0 Å². The fourth-order valence-corrected chi connectivity index (χ4v) is 2.69. The molecule has 1 aromatic carbocycles. The summed E-state index contributed by atoms with van der Waals surface area (Å²) in [5, 5.41) is 3.01. The number of nitrogens with one attached hydrogen (secondary N) is 1. The molecule has 2 rings (SSSR count). The average molecular weight is 319 g/mol. The van der Waals surface area contributed by atoms with Crippen molar-refractivity contribution in [1.82, 2.24) is 0 Å². The fourth-order valence-electron chi connectivity index (χ4n) is 2.69. The molecule has 1 saturated carbocycles. The summed E-state index contributed by atoms with van der Waals surface area (Å²) in [4.78, 5) is 12.7. The third kappa shape index (κ3) is 4.47. The highest BCUT2D eigenvalue weighted by molar-refractivity contribution is 5.97. The maximum atomic E-state index is 12.7. The van der Waals surface area contributed by atoms with E-state index in [0.29, 0.717) is 12.5 Å². The minimum atomic E-state index is -0.725. The molecule has 0 heterocycles. The molecule has 0 bridgehead atoms. The summed E-state index contributed by atoms with van der Waals surface area (Å²) >= 11 is 0. The first-order valence-electron chi connectivity index (χ1n) is 8.59. The number of hydrogen-bond donors (Lipinski definition) is 1. The van der Waals surface area contributed by atoms with Gasteiger partial charge in [-0.15, -0.1) is 0 Å². The Morgan fingerprint density at radius 1 is 1.39 bits per heavy atom.